The minimum atomic E-state index is -0.363. The van der Waals surface area contributed by atoms with Crippen molar-refractivity contribution in [3.05, 3.63) is 69.0 Å². The minimum Gasteiger partial charge on any atom is -0.419 e. The Labute approximate surface area is 170 Å². The van der Waals surface area contributed by atoms with Crippen molar-refractivity contribution in [3.8, 4) is 11.5 Å². The van der Waals surface area contributed by atoms with E-state index in [4.69, 9.17) is 4.42 Å². The van der Waals surface area contributed by atoms with Gasteiger partial charge in [-0.05, 0) is 34.1 Å². The monoisotopic (exact) mass is 443 g/mol. The molecule has 1 saturated heterocycles. The predicted octanol–water partition coefficient (Wildman–Crippen LogP) is 3.73. The third-order valence-electron chi connectivity index (χ3n) is 4.71. The van der Waals surface area contributed by atoms with Crippen molar-refractivity contribution >= 4 is 27.3 Å². The number of rotatable bonds is 5. The zero-order valence-corrected chi connectivity index (χ0v) is 16.6. The molecule has 0 bridgehead atoms. The highest BCUT2D eigenvalue weighted by atomic mass is 79.9. The Bertz CT molecular complexity index is 985. The van der Waals surface area contributed by atoms with Crippen LogP contribution in [0.4, 0.5) is 11.4 Å². The SMILES string of the molecule is O=[N+]([O-])c1cccc(N2CCN(Cc3nnc(-c4ccccc4Br)o3)CC2)c1. The van der Waals surface area contributed by atoms with Gasteiger partial charge in [-0.2, -0.15) is 0 Å². The molecule has 9 heteroatoms. The maximum absolute atomic E-state index is 11.0. The summed E-state index contributed by atoms with van der Waals surface area (Å²) in [7, 11) is 0. The zero-order chi connectivity index (χ0) is 19.5. The highest BCUT2D eigenvalue weighted by Crippen LogP contribution is 2.27. The van der Waals surface area contributed by atoms with Gasteiger partial charge in [-0.1, -0.05) is 18.2 Å². The van der Waals surface area contributed by atoms with E-state index >= 15 is 0 Å². The van der Waals surface area contributed by atoms with Gasteiger partial charge in [0.1, 0.15) is 0 Å². The Balaban J connectivity index is 1.37. The second-order valence-electron chi connectivity index (χ2n) is 6.52. The summed E-state index contributed by atoms with van der Waals surface area (Å²) in [5.41, 5.74) is 1.87. The van der Waals surface area contributed by atoms with Crippen LogP contribution in [0.25, 0.3) is 11.5 Å². The Hall–Kier alpha value is -2.78. The summed E-state index contributed by atoms with van der Waals surface area (Å²) >= 11 is 3.50. The molecule has 1 fully saturated rings. The van der Waals surface area contributed by atoms with Crippen molar-refractivity contribution in [2.75, 3.05) is 31.1 Å². The highest BCUT2D eigenvalue weighted by Gasteiger charge is 2.21. The molecule has 0 atom stereocenters. The Morgan fingerprint density at radius 2 is 1.86 bits per heavy atom. The van der Waals surface area contributed by atoms with Gasteiger partial charge < -0.3 is 9.32 Å². The molecule has 4 rings (SSSR count). The number of benzene rings is 2. The van der Waals surface area contributed by atoms with E-state index in [-0.39, 0.29) is 10.6 Å². The first-order chi connectivity index (χ1) is 13.6. The summed E-state index contributed by atoms with van der Waals surface area (Å²) in [5, 5.41) is 19.3. The van der Waals surface area contributed by atoms with Crippen LogP contribution in [0, 0.1) is 10.1 Å². The number of nitrogens with zero attached hydrogens (tertiary/aromatic N) is 5. The molecule has 0 N–H and O–H groups in total. The summed E-state index contributed by atoms with van der Waals surface area (Å²) in [4.78, 5) is 15.0. The number of nitro groups is 1. The molecule has 0 unspecified atom stereocenters. The van der Waals surface area contributed by atoms with Crippen molar-refractivity contribution < 1.29 is 9.34 Å². The van der Waals surface area contributed by atoms with Crippen LogP contribution in [0.15, 0.2) is 57.4 Å². The molecule has 0 radical (unpaired) electrons. The average molecular weight is 444 g/mol. The third-order valence-corrected chi connectivity index (χ3v) is 5.40. The lowest BCUT2D eigenvalue weighted by atomic mass is 10.2. The summed E-state index contributed by atoms with van der Waals surface area (Å²) in [6.45, 7) is 3.78. The molecule has 0 aliphatic carbocycles. The van der Waals surface area contributed by atoms with Crippen LogP contribution in [0.3, 0.4) is 0 Å². The zero-order valence-electron chi connectivity index (χ0n) is 15.0. The molecule has 0 amide bonds. The van der Waals surface area contributed by atoms with E-state index in [1.165, 1.54) is 6.07 Å². The van der Waals surface area contributed by atoms with Gasteiger partial charge in [-0.25, -0.2) is 0 Å². The van der Waals surface area contributed by atoms with Gasteiger partial charge in [0.05, 0.1) is 17.0 Å². The number of hydrogen-bond acceptors (Lipinski definition) is 7. The molecule has 0 spiro atoms. The van der Waals surface area contributed by atoms with Crippen molar-refractivity contribution in [2.24, 2.45) is 0 Å². The van der Waals surface area contributed by atoms with Gasteiger partial charge in [0.2, 0.25) is 11.8 Å². The smallest absolute Gasteiger partial charge is 0.271 e. The van der Waals surface area contributed by atoms with E-state index < -0.39 is 0 Å². The Kier molecular flexibility index (Phi) is 5.36. The Morgan fingerprint density at radius 1 is 1.07 bits per heavy atom. The first-order valence-corrected chi connectivity index (χ1v) is 9.68. The summed E-state index contributed by atoms with van der Waals surface area (Å²) in [6.07, 6.45) is 0. The van der Waals surface area contributed by atoms with Crippen LogP contribution in [-0.2, 0) is 6.54 Å². The lowest BCUT2D eigenvalue weighted by Gasteiger charge is -2.35. The number of hydrogen-bond donors (Lipinski definition) is 0. The fraction of sp³-hybridized carbons (Fsp3) is 0.263. The Morgan fingerprint density at radius 3 is 2.61 bits per heavy atom. The quantitative estimate of drug-likeness (QED) is 0.438. The van der Waals surface area contributed by atoms with Gasteiger partial charge in [0.25, 0.3) is 5.69 Å². The largest absolute Gasteiger partial charge is 0.419 e. The second kappa shape index (κ2) is 8.07. The molecule has 0 saturated carbocycles. The van der Waals surface area contributed by atoms with Crippen LogP contribution in [-0.4, -0.2) is 46.2 Å². The second-order valence-corrected chi connectivity index (χ2v) is 7.38. The van der Waals surface area contributed by atoms with Crippen molar-refractivity contribution in [1.82, 2.24) is 15.1 Å². The van der Waals surface area contributed by atoms with Crippen LogP contribution in [0.5, 0.6) is 0 Å². The lowest BCUT2D eigenvalue weighted by Crippen LogP contribution is -2.46. The van der Waals surface area contributed by atoms with E-state index in [0.29, 0.717) is 18.3 Å². The number of aromatic nitrogens is 2. The molecule has 1 aromatic heterocycles. The first-order valence-electron chi connectivity index (χ1n) is 8.89. The standard InChI is InChI=1S/C19H18BrN5O3/c20-17-7-2-1-6-16(17)19-22-21-18(28-19)13-23-8-10-24(11-9-23)14-4-3-5-15(12-14)25(26)27/h1-7,12H,8-11,13H2. The maximum Gasteiger partial charge on any atom is 0.271 e. The molecular formula is C19H18BrN5O3. The van der Waals surface area contributed by atoms with Gasteiger partial charge in [-0.15, -0.1) is 10.2 Å². The van der Waals surface area contributed by atoms with E-state index in [9.17, 15) is 10.1 Å². The number of anilines is 1. The van der Waals surface area contributed by atoms with E-state index in [1.54, 1.807) is 12.1 Å². The van der Waals surface area contributed by atoms with Gasteiger partial charge in [-0.3, -0.25) is 15.0 Å². The lowest BCUT2D eigenvalue weighted by molar-refractivity contribution is -0.384. The summed E-state index contributed by atoms with van der Waals surface area (Å²) in [5.74, 6) is 1.08. The minimum absolute atomic E-state index is 0.116. The maximum atomic E-state index is 11.0. The molecule has 1 aliphatic rings. The molecule has 8 nitrogen and oxygen atoms in total. The molecule has 2 aromatic carbocycles. The molecule has 3 aromatic rings. The van der Waals surface area contributed by atoms with Crippen molar-refractivity contribution in [1.29, 1.82) is 0 Å². The first kappa shape index (κ1) is 18.6. The average Bonchev–Trinajstić information content (AvgIpc) is 3.17. The molecule has 28 heavy (non-hydrogen) atoms. The van der Waals surface area contributed by atoms with Gasteiger partial charge >= 0.3 is 0 Å². The van der Waals surface area contributed by atoms with Crippen LogP contribution >= 0.6 is 15.9 Å². The van der Waals surface area contributed by atoms with Crippen LogP contribution < -0.4 is 4.90 Å². The third kappa shape index (κ3) is 4.05. The number of halogens is 1. The number of non-ortho nitro benzene ring substituents is 1. The van der Waals surface area contributed by atoms with E-state index in [2.05, 4.69) is 35.9 Å². The van der Waals surface area contributed by atoms with Crippen LogP contribution in [0.2, 0.25) is 0 Å². The van der Waals surface area contributed by atoms with Gasteiger partial charge in [0.15, 0.2) is 0 Å². The highest BCUT2D eigenvalue weighted by molar-refractivity contribution is 9.10. The van der Waals surface area contributed by atoms with Crippen LogP contribution in [0.1, 0.15) is 5.89 Å². The van der Waals surface area contributed by atoms with Crippen molar-refractivity contribution in [3.63, 3.8) is 0 Å². The van der Waals surface area contributed by atoms with E-state index in [1.807, 2.05) is 30.3 Å². The number of piperazine rings is 1. The van der Waals surface area contributed by atoms with Gasteiger partial charge in [0, 0.05) is 48.5 Å². The molecule has 1 aliphatic heterocycles. The molecular weight excluding hydrogens is 426 g/mol. The summed E-state index contributed by atoms with van der Waals surface area (Å²) in [6, 6.07) is 14.5. The molecule has 144 valence electrons. The van der Waals surface area contributed by atoms with E-state index in [0.717, 1.165) is 41.9 Å². The van der Waals surface area contributed by atoms with Crippen molar-refractivity contribution in [2.45, 2.75) is 6.54 Å². The number of nitro benzene ring substituents is 1. The fourth-order valence-corrected chi connectivity index (χ4v) is 3.67. The normalized spacial score (nSPS) is 15.0. The topological polar surface area (TPSA) is 88.5 Å². The fourth-order valence-electron chi connectivity index (χ4n) is 3.22. The predicted molar refractivity (Wildman–Crippen MR) is 108 cm³/mol. The molecule has 2 heterocycles. The summed E-state index contributed by atoms with van der Waals surface area (Å²) < 4.78 is 6.74.